The average Bonchev–Trinajstić information content (AvgIpc) is 3.22. The number of anilines is 2. The Hall–Kier alpha value is -3.37. The third-order valence-corrected chi connectivity index (χ3v) is 4.00. The van der Waals surface area contributed by atoms with Gasteiger partial charge >= 0.3 is 0 Å². The van der Waals surface area contributed by atoms with Crippen molar-refractivity contribution < 1.29 is 13.8 Å². The summed E-state index contributed by atoms with van der Waals surface area (Å²) in [6.45, 7) is 0.425. The molecule has 2 N–H and O–H groups in total. The molecule has 3 heterocycles. The second-order valence-electron chi connectivity index (χ2n) is 5.58. The van der Waals surface area contributed by atoms with Gasteiger partial charge in [0.15, 0.2) is 11.5 Å². The number of carbonyl (C=O) groups excluding carboxylic acids is 1. The number of hydrogen-bond donors (Lipinski definition) is 1. The molecule has 1 aliphatic heterocycles. The van der Waals surface area contributed by atoms with Crippen molar-refractivity contribution >= 4 is 17.4 Å². The summed E-state index contributed by atoms with van der Waals surface area (Å²) in [4.78, 5) is 14.4. The topological polar surface area (TPSA) is 129 Å². The van der Waals surface area contributed by atoms with Crippen LogP contribution in [0, 0.1) is 5.82 Å². The molecule has 0 radical (unpaired) electrons. The first-order valence-electron chi connectivity index (χ1n) is 7.57. The summed E-state index contributed by atoms with van der Waals surface area (Å²) in [6.07, 6.45) is 1.49. The normalized spacial score (nSPS) is 13.7. The van der Waals surface area contributed by atoms with E-state index in [1.54, 1.807) is 11.0 Å². The van der Waals surface area contributed by atoms with E-state index in [2.05, 4.69) is 30.5 Å². The summed E-state index contributed by atoms with van der Waals surface area (Å²) in [7, 11) is 0. The number of aromatic nitrogens is 6. The monoisotopic (exact) mass is 344 g/mol. The van der Waals surface area contributed by atoms with E-state index < -0.39 is 0 Å². The fourth-order valence-electron chi connectivity index (χ4n) is 2.87. The smallest absolute Gasteiger partial charge is 0.248 e. The Morgan fingerprint density at radius 3 is 3.04 bits per heavy atom. The van der Waals surface area contributed by atoms with Crippen LogP contribution in [-0.2, 0) is 17.8 Å². The van der Waals surface area contributed by atoms with E-state index in [0.717, 1.165) is 18.4 Å². The molecule has 3 aromatic rings. The molecule has 1 aliphatic rings. The van der Waals surface area contributed by atoms with E-state index in [0.29, 0.717) is 12.2 Å². The number of halogens is 1. The maximum absolute atomic E-state index is 13.4. The number of nitrogen functional groups attached to an aromatic ring is 1. The molecular formula is C14H13FN8O2. The minimum atomic E-state index is -0.315. The van der Waals surface area contributed by atoms with Crippen LogP contribution in [0.4, 0.5) is 15.9 Å². The van der Waals surface area contributed by atoms with Crippen molar-refractivity contribution in [1.29, 1.82) is 0 Å². The van der Waals surface area contributed by atoms with Gasteiger partial charge in [0.25, 0.3) is 0 Å². The Morgan fingerprint density at radius 1 is 1.36 bits per heavy atom. The van der Waals surface area contributed by atoms with Crippen LogP contribution in [0.3, 0.4) is 0 Å². The zero-order valence-corrected chi connectivity index (χ0v) is 13.0. The Morgan fingerprint density at radius 2 is 2.24 bits per heavy atom. The summed E-state index contributed by atoms with van der Waals surface area (Å²) in [5, 5.41) is 18.3. The molecule has 0 fully saturated rings. The van der Waals surface area contributed by atoms with E-state index in [1.165, 1.54) is 16.8 Å². The van der Waals surface area contributed by atoms with Crippen molar-refractivity contribution in [3.63, 3.8) is 0 Å². The van der Waals surface area contributed by atoms with Gasteiger partial charge in [-0.3, -0.25) is 4.79 Å². The van der Waals surface area contributed by atoms with Crippen molar-refractivity contribution in [2.45, 2.75) is 19.4 Å². The number of nitrogens with zero attached hydrogens (tertiary/aromatic N) is 7. The van der Waals surface area contributed by atoms with Gasteiger partial charge in [0.2, 0.25) is 11.7 Å². The Labute approximate surface area is 140 Å². The first kappa shape index (κ1) is 15.2. The van der Waals surface area contributed by atoms with Gasteiger partial charge in [-0.25, -0.2) is 13.7 Å². The van der Waals surface area contributed by atoms with Crippen LogP contribution in [0.1, 0.15) is 12.0 Å². The number of amides is 1. The lowest BCUT2D eigenvalue weighted by atomic mass is 10.0. The molecule has 4 rings (SSSR count). The van der Waals surface area contributed by atoms with Crippen LogP contribution in [0.2, 0.25) is 0 Å². The molecule has 11 heteroatoms. The standard InChI is InChI=1S/C14H13FN8O2/c15-9-3-4-10-8(6-9)2-1-5-22(10)11(24)7-23-14(17-20-21-23)12-13(16)19-25-18-12/h3-4,6H,1-2,5,7H2,(H2,16,19). The summed E-state index contributed by atoms with van der Waals surface area (Å²) >= 11 is 0. The molecule has 0 atom stereocenters. The minimum Gasteiger partial charge on any atom is -0.379 e. The number of nitrogens with two attached hydrogens (primary N) is 1. The molecule has 1 amide bonds. The SMILES string of the molecule is Nc1nonc1-c1nnnn1CC(=O)N1CCCc2cc(F)ccc21. The number of rotatable bonds is 3. The minimum absolute atomic E-state index is 0.0299. The second-order valence-corrected chi connectivity index (χ2v) is 5.58. The van der Waals surface area contributed by atoms with Crippen molar-refractivity contribution in [1.82, 2.24) is 30.5 Å². The second kappa shape index (κ2) is 5.92. The van der Waals surface area contributed by atoms with Crippen molar-refractivity contribution in [3.05, 3.63) is 29.6 Å². The molecule has 0 spiro atoms. The summed E-state index contributed by atoms with van der Waals surface area (Å²) in [5.74, 6) is -0.327. The number of hydrogen-bond acceptors (Lipinski definition) is 8. The average molecular weight is 344 g/mol. The van der Waals surface area contributed by atoms with Gasteiger partial charge in [-0.2, -0.15) is 0 Å². The van der Waals surface area contributed by atoms with Crippen LogP contribution in [-0.4, -0.2) is 43.0 Å². The maximum atomic E-state index is 13.4. The van der Waals surface area contributed by atoms with E-state index in [9.17, 15) is 9.18 Å². The molecule has 10 nitrogen and oxygen atoms in total. The lowest BCUT2D eigenvalue weighted by molar-refractivity contribution is -0.119. The molecule has 25 heavy (non-hydrogen) atoms. The van der Waals surface area contributed by atoms with Crippen LogP contribution < -0.4 is 10.6 Å². The number of aryl methyl sites for hydroxylation is 1. The molecule has 0 saturated carbocycles. The van der Waals surface area contributed by atoms with Crippen LogP contribution in [0.5, 0.6) is 0 Å². The van der Waals surface area contributed by atoms with Crippen LogP contribution in [0.15, 0.2) is 22.8 Å². The lowest BCUT2D eigenvalue weighted by Crippen LogP contribution is -2.38. The van der Waals surface area contributed by atoms with Gasteiger partial charge in [0, 0.05) is 12.2 Å². The maximum Gasteiger partial charge on any atom is 0.248 e. The highest BCUT2D eigenvalue weighted by Crippen LogP contribution is 2.28. The van der Waals surface area contributed by atoms with Gasteiger partial charge in [-0.15, -0.1) is 5.10 Å². The Balaban J connectivity index is 1.61. The third kappa shape index (κ3) is 2.69. The Bertz CT molecular complexity index is 937. The van der Waals surface area contributed by atoms with Gasteiger partial charge in [0.1, 0.15) is 12.4 Å². The van der Waals surface area contributed by atoms with Gasteiger partial charge in [-0.05, 0) is 57.3 Å². The summed E-state index contributed by atoms with van der Waals surface area (Å²) < 4.78 is 19.2. The molecular weight excluding hydrogens is 331 g/mol. The van der Waals surface area contributed by atoms with E-state index >= 15 is 0 Å². The number of benzene rings is 1. The molecule has 2 aromatic heterocycles. The van der Waals surface area contributed by atoms with E-state index in [1.807, 2.05) is 0 Å². The van der Waals surface area contributed by atoms with Crippen molar-refractivity contribution in [3.8, 4) is 11.5 Å². The lowest BCUT2D eigenvalue weighted by Gasteiger charge is -2.29. The number of carbonyl (C=O) groups is 1. The predicted molar refractivity (Wildman–Crippen MR) is 82.6 cm³/mol. The van der Waals surface area contributed by atoms with Gasteiger partial charge < -0.3 is 10.6 Å². The van der Waals surface area contributed by atoms with E-state index in [-0.39, 0.29) is 35.6 Å². The number of tetrazole rings is 1. The molecule has 0 aliphatic carbocycles. The highest BCUT2D eigenvalue weighted by molar-refractivity contribution is 5.94. The quantitative estimate of drug-likeness (QED) is 0.724. The Kier molecular flexibility index (Phi) is 3.60. The van der Waals surface area contributed by atoms with Crippen LogP contribution in [0.25, 0.3) is 11.5 Å². The van der Waals surface area contributed by atoms with E-state index in [4.69, 9.17) is 5.73 Å². The molecule has 0 saturated heterocycles. The highest BCUT2D eigenvalue weighted by atomic mass is 19.1. The highest BCUT2D eigenvalue weighted by Gasteiger charge is 2.25. The molecule has 1 aromatic carbocycles. The van der Waals surface area contributed by atoms with Crippen LogP contribution >= 0.6 is 0 Å². The molecule has 128 valence electrons. The first-order chi connectivity index (χ1) is 12.1. The van der Waals surface area contributed by atoms with Crippen molar-refractivity contribution in [2.75, 3.05) is 17.2 Å². The zero-order valence-electron chi connectivity index (χ0n) is 13.0. The third-order valence-electron chi connectivity index (χ3n) is 4.00. The van der Waals surface area contributed by atoms with Crippen molar-refractivity contribution in [2.24, 2.45) is 0 Å². The number of fused-ring (bicyclic) bond motifs is 1. The first-order valence-corrected chi connectivity index (χ1v) is 7.57. The largest absolute Gasteiger partial charge is 0.379 e. The predicted octanol–water partition coefficient (Wildman–Crippen LogP) is 0.424. The van der Waals surface area contributed by atoms with Gasteiger partial charge in [0.05, 0.1) is 0 Å². The summed E-state index contributed by atoms with van der Waals surface area (Å²) in [5.41, 5.74) is 7.32. The zero-order chi connectivity index (χ0) is 17.4. The summed E-state index contributed by atoms with van der Waals surface area (Å²) in [6, 6.07) is 4.41. The van der Waals surface area contributed by atoms with Gasteiger partial charge in [-0.1, -0.05) is 0 Å². The molecule has 0 bridgehead atoms. The fourth-order valence-corrected chi connectivity index (χ4v) is 2.87. The molecule has 0 unspecified atom stereocenters. The fraction of sp³-hybridized carbons (Fsp3) is 0.286.